The van der Waals surface area contributed by atoms with E-state index < -0.39 is 5.82 Å². The lowest BCUT2D eigenvalue weighted by atomic mass is 10.0. The minimum Gasteiger partial charge on any atom is -0.505 e. The number of hydrogen-bond acceptors (Lipinski definition) is 2. The van der Waals surface area contributed by atoms with E-state index in [1.807, 2.05) is 0 Å². The fourth-order valence-electron chi connectivity index (χ4n) is 1.34. The van der Waals surface area contributed by atoms with Gasteiger partial charge in [-0.3, -0.25) is 0 Å². The monoisotopic (exact) mass is 197 g/mol. The first kappa shape index (κ1) is 11.0. The van der Waals surface area contributed by atoms with Gasteiger partial charge in [0.1, 0.15) is 0 Å². The first-order valence-corrected chi connectivity index (χ1v) is 4.89. The van der Waals surface area contributed by atoms with Crippen LogP contribution >= 0.6 is 0 Å². The van der Waals surface area contributed by atoms with Crippen LogP contribution in [0, 0.1) is 5.82 Å². The number of aromatic hydroxyl groups is 1. The second-order valence-electron chi connectivity index (χ2n) is 3.46. The van der Waals surface area contributed by atoms with Crippen molar-refractivity contribution in [1.29, 1.82) is 0 Å². The van der Waals surface area contributed by atoms with Gasteiger partial charge in [-0.1, -0.05) is 25.8 Å². The quantitative estimate of drug-likeness (QED) is 0.779. The third-order valence-electron chi connectivity index (χ3n) is 2.27. The molecule has 0 saturated heterocycles. The van der Waals surface area contributed by atoms with E-state index in [1.54, 1.807) is 6.07 Å². The van der Waals surface area contributed by atoms with Crippen molar-refractivity contribution < 1.29 is 9.50 Å². The van der Waals surface area contributed by atoms with E-state index in [4.69, 9.17) is 10.8 Å². The van der Waals surface area contributed by atoms with Crippen molar-refractivity contribution in [2.45, 2.75) is 32.2 Å². The fraction of sp³-hybridized carbons (Fsp3) is 0.455. The van der Waals surface area contributed by atoms with E-state index in [9.17, 15) is 4.39 Å². The standard InChI is InChI=1S/C11H16FNO/c1-2-3-4-10(13)8-5-6-11(14)9(12)7-8/h5-7,10,14H,2-4,13H2,1H3/t10-/m1/s1. The highest BCUT2D eigenvalue weighted by Gasteiger charge is 2.08. The number of unbranched alkanes of at least 4 members (excludes halogenated alkanes) is 1. The molecule has 0 heterocycles. The summed E-state index contributed by atoms with van der Waals surface area (Å²) < 4.78 is 13.0. The average Bonchev–Trinajstić information content (AvgIpc) is 2.18. The number of phenols is 1. The van der Waals surface area contributed by atoms with Crippen molar-refractivity contribution in [2.75, 3.05) is 0 Å². The lowest BCUT2D eigenvalue weighted by Gasteiger charge is -2.11. The number of benzene rings is 1. The Bertz CT molecular complexity index is 301. The van der Waals surface area contributed by atoms with Gasteiger partial charge in [0.05, 0.1) is 0 Å². The predicted molar refractivity (Wildman–Crippen MR) is 54.5 cm³/mol. The zero-order valence-electron chi connectivity index (χ0n) is 8.33. The van der Waals surface area contributed by atoms with Crippen LogP contribution in [-0.4, -0.2) is 5.11 Å². The molecule has 0 aliphatic heterocycles. The predicted octanol–water partition coefficient (Wildman–Crippen LogP) is 2.72. The lowest BCUT2D eigenvalue weighted by molar-refractivity contribution is 0.431. The Labute approximate surface area is 83.6 Å². The van der Waals surface area contributed by atoms with Gasteiger partial charge < -0.3 is 10.8 Å². The summed E-state index contributed by atoms with van der Waals surface area (Å²) in [6.07, 6.45) is 2.96. The Morgan fingerprint density at radius 2 is 2.21 bits per heavy atom. The summed E-state index contributed by atoms with van der Waals surface area (Å²) in [7, 11) is 0. The average molecular weight is 197 g/mol. The van der Waals surface area contributed by atoms with E-state index >= 15 is 0 Å². The van der Waals surface area contributed by atoms with Gasteiger partial charge >= 0.3 is 0 Å². The maximum absolute atomic E-state index is 13.0. The molecule has 0 unspecified atom stereocenters. The second kappa shape index (κ2) is 4.96. The maximum Gasteiger partial charge on any atom is 0.165 e. The molecule has 1 aromatic carbocycles. The van der Waals surface area contributed by atoms with Crippen LogP contribution in [0.3, 0.4) is 0 Å². The summed E-state index contributed by atoms with van der Waals surface area (Å²) in [5.74, 6) is -0.925. The Hall–Kier alpha value is -1.09. The molecule has 1 atom stereocenters. The molecule has 0 fully saturated rings. The first-order valence-electron chi connectivity index (χ1n) is 4.89. The van der Waals surface area contributed by atoms with Gasteiger partial charge in [-0.05, 0) is 24.1 Å². The second-order valence-corrected chi connectivity index (χ2v) is 3.46. The topological polar surface area (TPSA) is 46.2 Å². The van der Waals surface area contributed by atoms with Crippen LogP contribution in [0.4, 0.5) is 4.39 Å². The zero-order chi connectivity index (χ0) is 10.6. The maximum atomic E-state index is 13.0. The van der Waals surface area contributed by atoms with Crippen LogP contribution in [-0.2, 0) is 0 Å². The highest BCUT2D eigenvalue weighted by Crippen LogP contribution is 2.22. The molecule has 1 rings (SSSR count). The highest BCUT2D eigenvalue weighted by atomic mass is 19.1. The van der Waals surface area contributed by atoms with Crippen LogP contribution < -0.4 is 5.73 Å². The Kier molecular flexibility index (Phi) is 3.89. The molecule has 0 amide bonds. The van der Waals surface area contributed by atoms with E-state index in [0.717, 1.165) is 24.8 Å². The number of rotatable bonds is 4. The van der Waals surface area contributed by atoms with Crippen LogP contribution in [0.2, 0.25) is 0 Å². The van der Waals surface area contributed by atoms with E-state index in [2.05, 4.69) is 6.92 Å². The van der Waals surface area contributed by atoms with Crippen LogP contribution in [0.5, 0.6) is 5.75 Å². The lowest BCUT2D eigenvalue weighted by Crippen LogP contribution is -2.10. The molecule has 0 bridgehead atoms. The Morgan fingerprint density at radius 3 is 2.79 bits per heavy atom. The van der Waals surface area contributed by atoms with Crippen LogP contribution in [0.25, 0.3) is 0 Å². The minimum atomic E-state index is -0.602. The number of phenolic OH excluding ortho intramolecular Hbond substituents is 1. The SMILES string of the molecule is CCCC[C@@H](N)c1ccc(O)c(F)c1. The molecule has 1 aromatic rings. The number of nitrogens with two attached hydrogens (primary N) is 1. The molecule has 3 heteroatoms. The van der Waals surface area contributed by atoms with Crippen molar-refractivity contribution in [3.8, 4) is 5.75 Å². The number of hydrogen-bond donors (Lipinski definition) is 2. The zero-order valence-corrected chi connectivity index (χ0v) is 8.33. The van der Waals surface area contributed by atoms with Crippen molar-refractivity contribution in [2.24, 2.45) is 5.73 Å². The molecule has 0 spiro atoms. The van der Waals surface area contributed by atoms with Crippen molar-refractivity contribution in [1.82, 2.24) is 0 Å². The molecular weight excluding hydrogens is 181 g/mol. The molecule has 0 aliphatic carbocycles. The van der Waals surface area contributed by atoms with Gasteiger partial charge in [0.2, 0.25) is 0 Å². The van der Waals surface area contributed by atoms with E-state index in [1.165, 1.54) is 12.1 Å². The summed E-state index contributed by atoms with van der Waals surface area (Å²) in [5, 5.41) is 8.99. The molecule has 2 nitrogen and oxygen atoms in total. The molecule has 78 valence electrons. The largest absolute Gasteiger partial charge is 0.505 e. The van der Waals surface area contributed by atoms with Crippen molar-refractivity contribution in [3.05, 3.63) is 29.6 Å². The van der Waals surface area contributed by atoms with E-state index in [0.29, 0.717) is 0 Å². The molecular formula is C11H16FNO. The number of halogens is 1. The third kappa shape index (κ3) is 2.70. The molecule has 0 saturated carbocycles. The van der Waals surface area contributed by atoms with Gasteiger partial charge in [-0.15, -0.1) is 0 Å². The summed E-state index contributed by atoms with van der Waals surface area (Å²) in [5.41, 5.74) is 6.60. The molecule has 0 radical (unpaired) electrons. The summed E-state index contributed by atoms with van der Waals surface area (Å²) in [4.78, 5) is 0. The van der Waals surface area contributed by atoms with Crippen molar-refractivity contribution >= 4 is 0 Å². The van der Waals surface area contributed by atoms with Crippen LogP contribution in [0.1, 0.15) is 37.8 Å². The third-order valence-corrected chi connectivity index (χ3v) is 2.27. The Balaban J connectivity index is 2.70. The van der Waals surface area contributed by atoms with Gasteiger partial charge in [-0.2, -0.15) is 0 Å². The van der Waals surface area contributed by atoms with Gasteiger partial charge in [0.25, 0.3) is 0 Å². The molecule has 0 aromatic heterocycles. The molecule has 0 aliphatic rings. The summed E-state index contributed by atoms with van der Waals surface area (Å²) in [6.45, 7) is 2.09. The van der Waals surface area contributed by atoms with Gasteiger partial charge in [0.15, 0.2) is 11.6 Å². The normalized spacial score (nSPS) is 12.8. The van der Waals surface area contributed by atoms with E-state index in [-0.39, 0.29) is 11.8 Å². The van der Waals surface area contributed by atoms with Gasteiger partial charge in [-0.25, -0.2) is 4.39 Å². The fourth-order valence-corrected chi connectivity index (χ4v) is 1.34. The minimum absolute atomic E-state index is 0.134. The van der Waals surface area contributed by atoms with Crippen molar-refractivity contribution in [3.63, 3.8) is 0 Å². The first-order chi connectivity index (χ1) is 6.65. The molecule has 3 N–H and O–H groups in total. The molecule has 14 heavy (non-hydrogen) atoms. The summed E-state index contributed by atoms with van der Waals surface area (Å²) >= 11 is 0. The van der Waals surface area contributed by atoms with Gasteiger partial charge in [0, 0.05) is 6.04 Å². The summed E-state index contributed by atoms with van der Waals surface area (Å²) in [6, 6.07) is 4.18. The van der Waals surface area contributed by atoms with Crippen LogP contribution in [0.15, 0.2) is 18.2 Å². The smallest absolute Gasteiger partial charge is 0.165 e. The Morgan fingerprint density at radius 1 is 1.50 bits per heavy atom. The highest BCUT2D eigenvalue weighted by molar-refractivity contribution is 5.29.